The van der Waals surface area contributed by atoms with Crippen molar-refractivity contribution in [2.24, 2.45) is 0 Å². The number of benzene rings is 2. The number of carbonyl (C=O) groups is 1. The molecule has 1 aromatic heterocycles. The van der Waals surface area contributed by atoms with Crippen LogP contribution in [-0.4, -0.2) is 24.1 Å². The third-order valence-electron chi connectivity index (χ3n) is 4.14. The Morgan fingerprint density at radius 3 is 2.70 bits per heavy atom. The molecule has 0 bridgehead atoms. The van der Waals surface area contributed by atoms with Crippen LogP contribution >= 0.6 is 11.3 Å². The number of anilines is 1. The van der Waals surface area contributed by atoms with E-state index < -0.39 is 0 Å². The van der Waals surface area contributed by atoms with E-state index in [1.165, 1.54) is 23.5 Å². The fraction of sp³-hybridized carbons (Fsp3) is 0.200. The van der Waals surface area contributed by atoms with E-state index in [1.54, 1.807) is 12.1 Å². The molecule has 0 spiro atoms. The highest BCUT2D eigenvalue weighted by molar-refractivity contribution is 7.14. The van der Waals surface area contributed by atoms with Crippen LogP contribution in [-0.2, 0) is 11.2 Å². The Kier molecular flexibility index (Phi) is 5.02. The average molecular weight is 384 g/mol. The molecule has 0 unspecified atom stereocenters. The Labute approximate surface area is 159 Å². The summed E-state index contributed by atoms with van der Waals surface area (Å²) in [7, 11) is 0. The molecule has 7 heteroatoms. The van der Waals surface area contributed by atoms with Crippen molar-refractivity contribution in [3.63, 3.8) is 0 Å². The summed E-state index contributed by atoms with van der Waals surface area (Å²) >= 11 is 1.34. The number of fused-ring (bicyclic) bond motifs is 1. The van der Waals surface area contributed by atoms with Gasteiger partial charge >= 0.3 is 0 Å². The highest BCUT2D eigenvalue weighted by atomic mass is 32.1. The van der Waals surface area contributed by atoms with Crippen LogP contribution in [0.2, 0.25) is 0 Å². The predicted molar refractivity (Wildman–Crippen MR) is 102 cm³/mol. The fourth-order valence-corrected chi connectivity index (χ4v) is 3.50. The first kappa shape index (κ1) is 17.5. The number of amides is 1. The van der Waals surface area contributed by atoms with Gasteiger partial charge in [0.1, 0.15) is 19.0 Å². The first-order valence-electron chi connectivity index (χ1n) is 8.57. The zero-order chi connectivity index (χ0) is 18.6. The summed E-state index contributed by atoms with van der Waals surface area (Å²) in [6, 6.07) is 11.8. The summed E-state index contributed by atoms with van der Waals surface area (Å²) in [6.07, 6.45) is 0.934. The molecule has 0 saturated heterocycles. The minimum atomic E-state index is -0.290. The second kappa shape index (κ2) is 7.75. The molecule has 4 rings (SSSR count). The zero-order valence-corrected chi connectivity index (χ0v) is 15.2. The van der Waals surface area contributed by atoms with E-state index in [2.05, 4.69) is 10.3 Å². The molecule has 0 fully saturated rings. The molecular weight excluding hydrogens is 367 g/mol. The number of carbonyl (C=O) groups excluding carboxylic acids is 1. The van der Waals surface area contributed by atoms with Gasteiger partial charge in [0, 0.05) is 17.4 Å². The lowest BCUT2D eigenvalue weighted by Crippen LogP contribution is -2.15. The minimum absolute atomic E-state index is 0.107. The Morgan fingerprint density at radius 1 is 1.11 bits per heavy atom. The van der Waals surface area contributed by atoms with Gasteiger partial charge in [-0.15, -0.1) is 11.3 Å². The van der Waals surface area contributed by atoms with Crippen LogP contribution < -0.4 is 14.8 Å². The van der Waals surface area contributed by atoms with Crippen LogP contribution in [0, 0.1) is 5.82 Å². The molecule has 1 amide bonds. The summed E-state index contributed by atoms with van der Waals surface area (Å²) in [4.78, 5) is 16.6. The number of aromatic nitrogens is 1. The predicted octanol–water partition coefficient (Wildman–Crippen LogP) is 4.29. The maximum Gasteiger partial charge on any atom is 0.226 e. The van der Waals surface area contributed by atoms with Crippen molar-refractivity contribution in [2.75, 3.05) is 18.5 Å². The van der Waals surface area contributed by atoms with E-state index in [4.69, 9.17) is 9.47 Å². The molecule has 1 N–H and O–H groups in total. The van der Waals surface area contributed by atoms with Crippen LogP contribution in [0.4, 0.5) is 9.52 Å². The summed E-state index contributed by atoms with van der Waals surface area (Å²) in [5.41, 5.74) is 2.53. The van der Waals surface area contributed by atoms with Crippen molar-refractivity contribution < 1.29 is 18.7 Å². The quantitative estimate of drug-likeness (QED) is 0.713. The third-order valence-corrected chi connectivity index (χ3v) is 4.90. The topological polar surface area (TPSA) is 60.5 Å². The van der Waals surface area contributed by atoms with E-state index in [0.717, 1.165) is 22.6 Å². The highest BCUT2D eigenvalue weighted by Crippen LogP contribution is 2.31. The van der Waals surface area contributed by atoms with Gasteiger partial charge < -0.3 is 14.8 Å². The lowest BCUT2D eigenvalue weighted by atomic mass is 10.1. The number of ether oxygens (including phenoxy) is 2. The number of nitrogens with one attached hydrogen (secondary N) is 1. The SMILES string of the molecule is O=C(CCc1ccc2c(c1)OCCO2)Nc1nc(-c2ccc(F)cc2)cs1. The molecule has 1 aliphatic heterocycles. The van der Waals surface area contributed by atoms with Gasteiger partial charge in [-0.25, -0.2) is 9.37 Å². The maximum atomic E-state index is 13.0. The number of thiazole rings is 1. The van der Waals surface area contributed by atoms with Gasteiger partial charge in [-0.2, -0.15) is 0 Å². The molecule has 138 valence electrons. The van der Waals surface area contributed by atoms with Gasteiger partial charge in [0.05, 0.1) is 5.69 Å². The van der Waals surface area contributed by atoms with Crippen molar-refractivity contribution in [1.29, 1.82) is 0 Å². The number of hydrogen-bond donors (Lipinski definition) is 1. The lowest BCUT2D eigenvalue weighted by Gasteiger charge is -2.18. The molecule has 27 heavy (non-hydrogen) atoms. The largest absolute Gasteiger partial charge is 0.486 e. The molecule has 0 radical (unpaired) electrons. The Hall–Kier alpha value is -2.93. The van der Waals surface area contributed by atoms with Crippen LogP contribution in [0.3, 0.4) is 0 Å². The zero-order valence-electron chi connectivity index (χ0n) is 14.4. The second-order valence-corrected chi connectivity index (χ2v) is 6.93. The highest BCUT2D eigenvalue weighted by Gasteiger charge is 2.13. The van der Waals surface area contributed by atoms with Crippen molar-refractivity contribution in [2.45, 2.75) is 12.8 Å². The van der Waals surface area contributed by atoms with E-state index in [9.17, 15) is 9.18 Å². The smallest absolute Gasteiger partial charge is 0.226 e. The number of nitrogens with zero attached hydrogens (tertiary/aromatic N) is 1. The summed E-state index contributed by atoms with van der Waals surface area (Å²) in [5, 5.41) is 5.18. The first-order chi connectivity index (χ1) is 13.2. The summed E-state index contributed by atoms with van der Waals surface area (Å²) in [5.74, 6) is 1.07. The number of halogens is 1. The molecule has 3 aromatic rings. The molecule has 0 atom stereocenters. The molecule has 1 aliphatic rings. The average Bonchev–Trinajstić information content (AvgIpc) is 3.15. The van der Waals surface area contributed by atoms with Gasteiger partial charge in [-0.3, -0.25) is 4.79 Å². The van der Waals surface area contributed by atoms with Crippen molar-refractivity contribution >= 4 is 22.4 Å². The maximum absolute atomic E-state index is 13.0. The van der Waals surface area contributed by atoms with Crippen LogP contribution in [0.1, 0.15) is 12.0 Å². The monoisotopic (exact) mass is 384 g/mol. The second-order valence-electron chi connectivity index (χ2n) is 6.07. The van der Waals surface area contributed by atoms with E-state index in [-0.39, 0.29) is 11.7 Å². The summed E-state index contributed by atoms with van der Waals surface area (Å²) < 4.78 is 24.1. The molecule has 0 saturated carbocycles. The summed E-state index contributed by atoms with van der Waals surface area (Å²) in [6.45, 7) is 1.10. The molecule has 2 heterocycles. The van der Waals surface area contributed by atoms with Gasteiger partial charge in [0.2, 0.25) is 5.91 Å². The van der Waals surface area contributed by atoms with Gasteiger partial charge in [-0.1, -0.05) is 6.07 Å². The third kappa shape index (κ3) is 4.25. The molecular formula is C20H17FN2O3S. The van der Waals surface area contributed by atoms with Crippen molar-refractivity contribution in [1.82, 2.24) is 4.98 Å². The van der Waals surface area contributed by atoms with Crippen molar-refractivity contribution in [3.8, 4) is 22.8 Å². The molecule has 2 aromatic carbocycles. The first-order valence-corrected chi connectivity index (χ1v) is 9.45. The van der Waals surface area contributed by atoms with Crippen LogP contribution in [0.25, 0.3) is 11.3 Å². The standard InChI is InChI=1S/C20H17FN2O3S/c21-15-5-3-14(4-6-15)16-12-27-20(22-16)23-19(24)8-2-13-1-7-17-18(11-13)26-10-9-25-17/h1,3-7,11-12H,2,8-10H2,(H,22,23,24). The van der Waals surface area contributed by atoms with Crippen molar-refractivity contribution in [3.05, 3.63) is 59.2 Å². The van der Waals surface area contributed by atoms with Crippen LogP contribution in [0.5, 0.6) is 11.5 Å². The molecule has 0 aliphatic carbocycles. The van der Waals surface area contributed by atoms with Gasteiger partial charge in [0.25, 0.3) is 0 Å². The normalized spacial score (nSPS) is 12.6. The minimum Gasteiger partial charge on any atom is -0.486 e. The Balaban J connectivity index is 1.34. The van der Waals surface area contributed by atoms with Crippen LogP contribution in [0.15, 0.2) is 47.8 Å². The Morgan fingerprint density at radius 2 is 1.89 bits per heavy atom. The van der Waals surface area contributed by atoms with E-state index in [0.29, 0.717) is 36.9 Å². The Bertz CT molecular complexity index is 956. The van der Waals surface area contributed by atoms with Gasteiger partial charge in [0.15, 0.2) is 16.6 Å². The van der Waals surface area contributed by atoms with Gasteiger partial charge in [-0.05, 0) is 48.4 Å². The van der Waals surface area contributed by atoms with E-state index in [1.807, 2.05) is 23.6 Å². The number of aryl methyl sites for hydroxylation is 1. The fourth-order valence-electron chi connectivity index (χ4n) is 2.77. The van der Waals surface area contributed by atoms with E-state index >= 15 is 0 Å². The lowest BCUT2D eigenvalue weighted by molar-refractivity contribution is -0.116. The number of rotatable bonds is 5. The number of hydrogen-bond acceptors (Lipinski definition) is 5. The molecule has 5 nitrogen and oxygen atoms in total.